The molecular weight excluding hydrogens is 542 g/mol. The molecule has 0 aromatic carbocycles. The number of carbonyl (C=O) groups is 1. The van der Waals surface area contributed by atoms with Crippen LogP contribution in [0.3, 0.4) is 0 Å². The number of rotatable bonds is 9. The number of carbonyl (C=O) groups excluding carboxylic acids is 1. The second-order valence-corrected chi connectivity index (χ2v) is 9.99. The van der Waals surface area contributed by atoms with Gasteiger partial charge in [0, 0.05) is 0 Å². The van der Waals surface area contributed by atoms with Crippen LogP contribution in [0.5, 0.6) is 0 Å². The second kappa shape index (κ2) is 12.7. The van der Waals surface area contributed by atoms with Crippen molar-refractivity contribution in [1.29, 1.82) is 0 Å². The highest BCUT2D eigenvalue weighted by Gasteiger charge is 2.64. The van der Waals surface area contributed by atoms with Crippen molar-refractivity contribution >= 4 is 18.2 Å². The Labute approximate surface area is 228 Å². The molecule has 0 radical (unpaired) electrons. The third kappa shape index (κ3) is 5.73. The van der Waals surface area contributed by atoms with Gasteiger partial charge in [-0.2, -0.15) is 0 Å². The van der Waals surface area contributed by atoms with Gasteiger partial charge >= 0.3 is 0 Å². The van der Waals surface area contributed by atoms with Gasteiger partial charge in [-0.1, -0.05) is 0 Å². The Morgan fingerprint density at radius 1 is 0.900 bits per heavy atom. The van der Waals surface area contributed by atoms with Crippen LogP contribution in [0.25, 0.3) is 0 Å². The van der Waals surface area contributed by atoms with Crippen molar-refractivity contribution in [2.75, 3.05) is 20.3 Å². The predicted octanol–water partition coefficient (Wildman–Crippen LogP) is -8.92. The van der Waals surface area contributed by atoms with Crippen LogP contribution in [0, 0.1) is 5.92 Å². The highest BCUT2D eigenvalue weighted by molar-refractivity contribution is 5.76. The summed E-state index contributed by atoms with van der Waals surface area (Å²) in [5, 5.41) is 87.4. The molecule has 230 valence electrons. The SMILES string of the molecule is CN[C@@H]1C(C2[C@H](O[C@H]3[C@@H](O)[C@H](O)[C@H](N=C(N)N)[C@H](O)[C@H]3N=C(N)N)O[C@@H](CO)C2(O)C=O)O[C@@H](CO)[C@H](O)[C@H]1O. The number of aldehydes is 1. The summed E-state index contributed by atoms with van der Waals surface area (Å²) in [6.07, 6.45) is -16.4. The predicted molar refractivity (Wildman–Crippen MR) is 133 cm³/mol. The monoisotopic (exact) mass is 581 g/mol. The van der Waals surface area contributed by atoms with Gasteiger partial charge in [0.25, 0.3) is 0 Å². The van der Waals surface area contributed by atoms with E-state index in [4.69, 9.17) is 37.1 Å². The summed E-state index contributed by atoms with van der Waals surface area (Å²) in [4.78, 5) is 19.9. The maximum atomic E-state index is 12.2. The molecular formula is C21H39N7O12. The fourth-order valence-electron chi connectivity index (χ4n) is 5.61. The van der Waals surface area contributed by atoms with Crippen LogP contribution in [0.4, 0.5) is 0 Å². The third-order valence-corrected chi connectivity index (χ3v) is 7.61. The van der Waals surface area contributed by atoms with Gasteiger partial charge < -0.3 is 88.1 Å². The van der Waals surface area contributed by atoms with Gasteiger partial charge in [0.15, 0.2) is 30.1 Å². The summed E-state index contributed by atoms with van der Waals surface area (Å²) in [6.45, 7) is -1.66. The largest absolute Gasteiger partial charge is 0.394 e. The summed E-state index contributed by atoms with van der Waals surface area (Å²) in [5.41, 5.74) is 19.2. The molecule has 3 fully saturated rings. The lowest BCUT2D eigenvalue weighted by molar-refractivity contribution is -0.264. The number of ether oxygens (including phenoxy) is 3. The van der Waals surface area contributed by atoms with Crippen LogP contribution in [0.1, 0.15) is 0 Å². The van der Waals surface area contributed by atoms with E-state index >= 15 is 0 Å². The fraction of sp³-hybridized carbons (Fsp3) is 0.857. The molecule has 0 bridgehead atoms. The van der Waals surface area contributed by atoms with E-state index in [1.807, 2.05) is 0 Å². The second-order valence-electron chi connectivity index (χ2n) is 9.99. The van der Waals surface area contributed by atoms with Gasteiger partial charge in [-0.25, -0.2) is 9.98 Å². The molecule has 2 saturated heterocycles. The highest BCUT2D eigenvalue weighted by atomic mass is 16.7. The first-order valence-electron chi connectivity index (χ1n) is 12.4. The molecule has 40 heavy (non-hydrogen) atoms. The lowest BCUT2D eigenvalue weighted by atomic mass is 9.76. The van der Waals surface area contributed by atoms with Crippen molar-refractivity contribution in [3.63, 3.8) is 0 Å². The normalized spacial score (nSPS) is 47.4. The smallest absolute Gasteiger partial charge is 0.186 e. The van der Waals surface area contributed by atoms with Crippen molar-refractivity contribution < 1.29 is 59.9 Å². The van der Waals surface area contributed by atoms with E-state index in [9.17, 15) is 45.6 Å². The summed E-state index contributed by atoms with van der Waals surface area (Å²) < 4.78 is 17.4. The lowest BCUT2D eigenvalue weighted by Crippen LogP contribution is -2.69. The minimum Gasteiger partial charge on any atom is -0.394 e. The first-order chi connectivity index (χ1) is 18.8. The number of nitrogens with zero attached hydrogens (tertiary/aromatic N) is 2. The third-order valence-electron chi connectivity index (χ3n) is 7.61. The Kier molecular flexibility index (Phi) is 10.2. The molecule has 1 saturated carbocycles. The number of aliphatic hydroxyl groups excluding tert-OH is 7. The van der Waals surface area contributed by atoms with Crippen molar-refractivity contribution in [1.82, 2.24) is 5.32 Å². The standard InChI is InChI=1S/C21H39N7O12/c1-26-9-14(35)11(32)5(2-29)38-16(9)7-18(39-6(3-30)21(7,37)4-31)40-17-10(28-20(24)25)12(33)8(27-19(22)23)13(34)15(17)36/h4-18,26,29-30,32-37H,2-3H2,1H3,(H4,22,23,27)(H4,24,25,28)/t5-,6-,7?,8+,9-,10+,11-,12-,13+,14-,15-,16?,17+,18-,21?/m0/s1. The summed E-state index contributed by atoms with van der Waals surface area (Å²) in [5.74, 6) is -2.68. The first-order valence-corrected chi connectivity index (χ1v) is 12.4. The number of likely N-dealkylation sites (N-methyl/N-ethyl adjacent to an activating group) is 1. The molecule has 2 heterocycles. The number of aliphatic imine (C=N–C) groups is 2. The van der Waals surface area contributed by atoms with E-state index in [0.717, 1.165) is 0 Å². The molecule has 19 heteroatoms. The van der Waals surface area contributed by atoms with Gasteiger partial charge in [0.05, 0.1) is 31.3 Å². The van der Waals surface area contributed by atoms with Gasteiger partial charge in [-0.05, 0) is 7.05 Å². The Hall–Kier alpha value is -2.27. The van der Waals surface area contributed by atoms with Crippen LogP contribution in [0.15, 0.2) is 9.98 Å². The van der Waals surface area contributed by atoms with Crippen LogP contribution >= 0.6 is 0 Å². The number of aliphatic hydroxyl groups is 8. The van der Waals surface area contributed by atoms with Gasteiger partial charge in [0.1, 0.15) is 60.9 Å². The van der Waals surface area contributed by atoms with Crippen molar-refractivity contribution in [3.8, 4) is 0 Å². The van der Waals surface area contributed by atoms with E-state index in [1.54, 1.807) is 0 Å². The zero-order valence-electron chi connectivity index (χ0n) is 21.5. The van der Waals surface area contributed by atoms with Crippen molar-refractivity contribution in [2.45, 2.75) is 85.0 Å². The van der Waals surface area contributed by atoms with Crippen LogP contribution in [0.2, 0.25) is 0 Å². The Balaban J connectivity index is 2.07. The average molecular weight is 582 g/mol. The van der Waals surface area contributed by atoms with Crippen LogP contribution in [-0.2, 0) is 19.0 Å². The zero-order chi connectivity index (χ0) is 30.1. The molecule has 0 amide bonds. The lowest BCUT2D eigenvalue weighted by Gasteiger charge is -2.48. The van der Waals surface area contributed by atoms with Crippen LogP contribution in [-0.4, -0.2) is 164 Å². The first kappa shape index (κ1) is 32.2. The topological polar surface area (TPSA) is 347 Å². The maximum Gasteiger partial charge on any atom is 0.186 e. The number of guanidine groups is 2. The molecule has 3 unspecified atom stereocenters. The zero-order valence-corrected chi connectivity index (χ0v) is 21.5. The van der Waals surface area contributed by atoms with Gasteiger partial charge in [-0.3, -0.25) is 0 Å². The van der Waals surface area contributed by atoms with E-state index in [-0.39, 0.29) is 6.29 Å². The number of hydrogen-bond acceptors (Lipinski definition) is 15. The van der Waals surface area contributed by atoms with E-state index in [0.29, 0.717) is 0 Å². The molecule has 19 nitrogen and oxygen atoms in total. The Morgan fingerprint density at radius 3 is 2.00 bits per heavy atom. The molecule has 3 aliphatic rings. The molecule has 3 rings (SSSR count). The van der Waals surface area contributed by atoms with Crippen molar-refractivity contribution in [2.24, 2.45) is 38.8 Å². The summed E-state index contributed by atoms with van der Waals surface area (Å²) >= 11 is 0. The molecule has 2 aliphatic heterocycles. The average Bonchev–Trinajstić information content (AvgIpc) is 3.19. The number of nitrogens with two attached hydrogens (primary N) is 4. The molecule has 1 aliphatic carbocycles. The van der Waals surface area contributed by atoms with Gasteiger partial charge in [0.2, 0.25) is 0 Å². The number of nitrogens with one attached hydrogen (secondary N) is 1. The molecule has 0 aromatic rings. The minimum absolute atomic E-state index is 0.0760. The highest BCUT2D eigenvalue weighted by Crippen LogP contribution is 2.44. The number of hydrogen-bond donors (Lipinski definition) is 13. The Bertz CT molecular complexity index is 940. The molecule has 0 aromatic heterocycles. The fourth-order valence-corrected chi connectivity index (χ4v) is 5.61. The maximum absolute atomic E-state index is 12.2. The quantitative estimate of drug-likeness (QED) is 0.0682. The molecule has 15 atom stereocenters. The molecule has 0 spiro atoms. The summed E-state index contributed by atoms with van der Waals surface area (Å²) in [6, 6.07) is -4.22. The van der Waals surface area contributed by atoms with Crippen LogP contribution < -0.4 is 28.3 Å². The van der Waals surface area contributed by atoms with Gasteiger partial charge in [-0.15, -0.1) is 0 Å². The van der Waals surface area contributed by atoms with E-state index < -0.39 is 116 Å². The molecule has 17 N–H and O–H groups in total. The Morgan fingerprint density at radius 2 is 1.50 bits per heavy atom. The van der Waals surface area contributed by atoms with E-state index in [2.05, 4.69) is 15.3 Å². The summed E-state index contributed by atoms with van der Waals surface area (Å²) in [7, 11) is 1.39. The minimum atomic E-state index is -2.54. The van der Waals surface area contributed by atoms with E-state index in [1.165, 1.54) is 7.05 Å². The van der Waals surface area contributed by atoms with Crippen molar-refractivity contribution in [3.05, 3.63) is 0 Å².